The van der Waals surface area contributed by atoms with Crippen LogP contribution in [0.2, 0.25) is 0 Å². The molecule has 0 aromatic carbocycles. The quantitative estimate of drug-likeness (QED) is 0.331. The molecule has 0 aromatic rings. The van der Waals surface area contributed by atoms with E-state index in [1.165, 1.54) is 0 Å². The number of carbonyl (C=O) groups excluding carboxylic acids is 2. The topological polar surface area (TPSA) is 70.5 Å². The van der Waals surface area contributed by atoms with Gasteiger partial charge in [0, 0.05) is 19.3 Å². The largest absolute Gasteiger partial charge is 0.361 e. The Balaban J connectivity index is 3.62. The maximum atomic E-state index is 10.7. The van der Waals surface area contributed by atoms with Crippen LogP contribution in [-0.4, -0.2) is 22.6 Å². The zero-order valence-electron chi connectivity index (χ0n) is 6.41. The van der Waals surface area contributed by atoms with E-state index in [1.54, 1.807) is 6.92 Å². The molecule has 0 unspecified atom stereocenters. The molecule has 0 rings (SSSR count). The minimum absolute atomic E-state index is 0.0460. The molecule has 0 saturated carbocycles. The van der Waals surface area contributed by atoms with E-state index in [-0.39, 0.29) is 24.4 Å². The summed E-state index contributed by atoms with van der Waals surface area (Å²) < 4.78 is 0. The van der Waals surface area contributed by atoms with Crippen molar-refractivity contribution in [2.24, 2.45) is 0 Å². The van der Waals surface area contributed by atoms with Crippen molar-refractivity contribution in [2.75, 3.05) is 0 Å². The van der Waals surface area contributed by atoms with Crippen LogP contribution in [0.25, 0.3) is 5.53 Å². The molecular formula is C7H10N2O2. The van der Waals surface area contributed by atoms with Crippen molar-refractivity contribution < 1.29 is 14.4 Å². The van der Waals surface area contributed by atoms with Gasteiger partial charge in [-0.05, 0) is 0 Å². The van der Waals surface area contributed by atoms with Crippen molar-refractivity contribution >= 4 is 17.8 Å². The Kier molecular flexibility index (Phi) is 4.86. The lowest BCUT2D eigenvalue weighted by Crippen LogP contribution is -2.04. The van der Waals surface area contributed by atoms with Crippen LogP contribution < -0.4 is 0 Å². The second-order valence-electron chi connectivity index (χ2n) is 2.10. The SMILES string of the molecule is CCC(=O)CCC(=O)C=[N+]=[N-]. The summed E-state index contributed by atoms with van der Waals surface area (Å²) >= 11 is 0. The smallest absolute Gasteiger partial charge is 0.323 e. The van der Waals surface area contributed by atoms with Gasteiger partial charge in [-0.3, -0.25) is 9.59 Å². The van der Waals surface area contributed by atoms with E-state index in [0.29, 0.717) is 6.42 Å². The summed E-state index contributed by atoms with van der Waals surface area (Å²) in [5.74, 6) is -0.279. The number of carbonyl (C=O) groups is 2. The molecule has 0 atom stereocenters. The van der Waals surface area contributed by atoms with Crippen LogP contribution in [0.5, 0.6) is 0 Å². The van der Waals surface area contributed by atoms with Gasteiger partial charge in [0.05, 0.1) is 0 Å². The number of rotatable bonds is 5. The molecule has 0 aliphatic carbocycles. The lowest BCUT2D eigenvalue weighted by atomic mass is 10.1. The summed E-state index contributed by atoms with van der Waals surface area (Å²) in [5, 5.41) is 0. The molecule has 0 bridgehead atoms. The first-order valence-electron chi connectivity index (χ1n) is 3.42. The Morgan fingerprint density at radius 2 is 2.09 bits per heavy atom. The van der Waals surface area contributed by atoms with Gasteiger partial charge in [-0.2, -0.15) is 4.79 Å². The third-order valence-corrected chi connectivity index (χ3v) is 1.25. The molecular weight excluding hydrogens is 144 g/mol. The monoisotopic (exact) mass is 154 g/mol. The normalized spacial score (nSPS) is 8.45. The zero-order valence-corrected chi connectivity index (χ0v) is 6.41. The molecule has 0 fully saturated rings. The molecule has 0 spiro atoms. The molecule has 0 saturated heterocycles. The minimum Gasteiger partial charge on any atom is -0.361 e. The van der Waals surface area contributed by atoms with E-state index in [2.05, 4.69) is 4.79 Å². The van der Waals surface area contributed by atoms with Crippen molar-refractivity contribution in [3.05, 3.63) is 5.53 Å². The average Bonchev–Trinajstić information content (AvgIpc) is 2.01. The summed E-state index contributed by atoms with van der Waals surface area (Å²) in [6, 6.07) is 0. The summed E-state index contributed by atoms with van der Waals surface area (Å²) in [5.41, 5.74) is 7.92. The van der Waals surface area contributed by atoms with Crippen LogP contribution in [0.15, 0.2) is 0 Å². The van der Waals surface area contributed by atoms with E-state index in [4.69, 9.17) is 5.53 Å². The summed E-state index contributed by atoms with van der Waals surface area (Å²) in [6.07, 6.45) is 1.63. The maximum Gasteiger partial charge on any atom is 0.323 e. The number of hydrogen-bond acceptors (Lipinski definition) is 2. The highest BCUT2D eigenvalue weighted by atomic mass is 16.1. The van der Waals surface area contributed by atoms with Crippen molar-refractivity contribution in [2.45, 2.75) is 26.2 Å². The number of hydrogen-bond donors (Lipinski definition) is 0. The first kappa shape index (κ1) is 9.72. The molecule has 0 aromatic heterocycles. The Hall–Kier alpha value is -1.28. The predicted octanol–water partition coefficient (Wildman–Crippen LogP) is 0.615. The van der Waals surface area contributed by atoms with Gasteiger partial charge in [-0.25, -0.2) is 0 Å². The van der Waals surface area contributed by atoms with Crippen LogP contribution in [0.3, 0.4) is 0 Å². The first-order valence-corrected chi connectivity index (χ1v) is 3.42. The maximum absolute atomic E-state index is 10.7. The second-order valence-corrected chi connectivity index (χ2v) is 2.10. The molecule has 0 N–H and O–H groups in total. The Bertz CT molecular complexity index is 204. The van der Waals surface area contributed by atoms with Gasteiger partial charge in [-0.15, -0.1) is 0 Å². The third kappa shape index (κ3) is 5.18. The predicted molar refractivity (Wildman–Crippen MR) is 39.2 cm³/mol. The van der Waals surface area contributed by atoms with Gasteiger partial charge in [-0.1, -0.05) is 6.92 Å². The molecule has 0 radical (unpaired) electrons. The first-order chi connectivity index (χ1) is 5.20. The van der Waals surface area contributed by atoms with E-state index < -0.39 is 0 Å². The minimum atomic E-state index is -0.325. The van der Waals surface area contributed by atoms with Crippen molar-refractivity contribution in [1.29, 1.82) is 0 Å². The Morgan fingerprint density at radius 3 is 2.55 bits per heavy atom. The average molecular weight is 154 g/mol. The van der Waals surface area contributed by atoms with Gasteiger partial charge in [0.2, 0.25) is 5.78 Å². The third-order valence-electron chi connectivity index (χ3n) is 1.25. The summed E-state index contributed by atoms with van der Waals surface area (Å²) in [6.45, 7) is 1.74. The molecule has 60 valence electrons. The van der Waals surface area contributed by atoms with Crippen LogP contribution in [0, 0.1) is 0 Å². The highest BCUT2D eigenvalue weighted by Crippen LogP contribution is 1.93. The van der Waals surface area contributed by atoms with Crippen LogP contribution in [-0.2, 0) is 9.59 Å². The van der Waals surface area contributed by atoms with Gasteiger partial charge >= 0.3 is 6.21 Å². The second kappa shape index (κ2) is 5.50. The van der Waals surface area contributed by atoms with Crippen LogP contribution >= 0.6 is 0 Å². The molecule has 4 heteroatoms. The van der Waals surface area contributed by atoms with Gasteiger partial charge in [0.25, 0.3) is 0 Å². The van der Waals surface area contributed by atoms with Crippen molar-refractivity contribution in [3.8, 4) is 0 Å². The zero-order chi connectivity index (χ0) is 8.69. The standard InChI is InChI=1S/C7H10N2O2/c1-2-6(10)3-4-7(11)5-9-8/h5H,2-4H2,1H3. The van der Waals surface area contributed by atoms with Gasteiger partial charge in [0.15, 0.2) is 0 Å². The fourth-order valence-electron chi connectivity index (χ4n) is 0.568. The molecule has 0 aliphatic heterocycles. The highest BCUT2D eigenvalue weighted by Gasteiger charge is 2.05. The lowest BCUT2D eigenvalue weighted by molar-refractivity contribution is -0.122. The van der Waals surface area contributed by atoms with Gasteiger partial charge in [0.1, 0.15) is 5.78 Å². The number of ketones is 2. The number of nitrogens with zero attached hydrogens (tertiary/aromatic N) is 2. The molecule has 0 heterocycles. The van der Waals surface area contributed by atoms with E-state index in [0.717, 1.165) is 6.21 Å². The molecule has 0 aliphatic rings. The molecule has 0 amide bonds. The Morgan fingerprint density at radius 1 is 1.45 bits per heavy atom. The van der Waals surface area contributed by atoms with Gasteiger partial charge < -0.3 is 5.53 Å². The van der Waals surface area contributed by atoms with Crippen LogP contribution in [0.1, 0.15) is 26.2 Å². The highest BCUT2D eigenvalue weighted by molar-refractivity contribution is 6.25. The van der Waals surface area contributed by atoms with Crippen molar-refractivity contribution in [3.63, 3.8) is 0 Å². The summed E-state index contributed by atoms with van der Waals surface area (Å²) in [7, 11) is 0. The molecule has 4 nitrogen and oxygen atoms in total. The fourth-order valence-corrected chi connectivity index (χ4v) is 0.568. The van der Waals surface area contributed by atoms with Crippen LogP contribution in [0.4, 0.5) is 0 Å². The Labute approximate surface area is 64.8 Å². The summed E-state index contributed by atoms with van der Waals surface area (Å²) in [4.78, 5) is 23.8. The van der Waals surface area contributed by atoms with Crippen molar-refractivity contribution in [1.82, 2.24) is 0 Å². The fraction of sp³-hybridized carbons (Fsp3) is 0.571. The lowest BCUT2D eigenvalue weighted by Gasteiger charge is -1.89. The number of Topliss-reactive ketones (excluding diaryl/α,β-unsaturated/α-hetero) is 2. The molecule has 11 heavy (non-hydrogen) atoms. The van der Waals surface area contributed by atoms with E-state index >= 15 is 0 Å². The van der Waals surface area contributed by atoms with E-state index in [9.17, 15) is 9.59 Å². The van der Waals surface area contributed by atoms with E-state index in [1.807, 2.05) is 0 Å².